The van der Waals surface area contributed by atoms with Crippen LogP contribution in [0.25, 0.3) is 0 Å². The minimum atomic E-state index is -0.978. The molecule has 0 saturated heterocycles. The zero-order chi connectivity index (χ0) is 17.7. The number of rotatable bonds is 9. The smallest absolute Gasteiger partial charge is 0.303 e. The van der Waals surface area contributed by atoms with Crippen molar-refractivity contribution in [3.8, 4) is 11.8 Å². The molecule has 0 fully saturated rings. The van der Waals surface area contributed by atoms with Gasteiger partial charge in [0.1, 0.15) is 0 Å². The molecule has 7 heteroatoms. The van der Waals surface area contributed by atoms with Crippen molar-refractivity contribution >= 4 is 53.8 Å². The van der Waals surface area contributed by atoms with E-state index in [4.69, 9.17) is 5.11 Å². The van der Waals surface area contributed by atoms with E-state index in [0.29, 0.717) is 25.7 Å². The number of hydrogen-bond donors (Lipinski definition) is 3. The van der Waals surface area contributed by atoms with Gasteiger partial charge in [-0.05, 0) is 69.4 Å². The maximum atomic E-state index is 10.3. The van der Waals surface area contributed by atoms with Gasteiger partial charge in [0.15, 0.2) is 0 Å². The first-order chi connectivity index (χ1) is 10.8. The van der Waals surface area contributed by atoms with Gasteiger partial charge in [0.25, 0.3) is 0 Å². The van der Waals surface area contributed by atoms with Crippen molar-refractivity contribution in [1.29, 1.82) is 0 Å². The monoisotopic (exact) mass is 512 g/mol. The molecule has 4 nitrogen and oxygen atoms in total. The van der Waals surface area contributed by atoms with Crippen molar-refractivity contribution in [1.82, 2.24) is 0 Å². The Morgan fingerprint density at radius 2 is 1.91 bits per heavy atom. The van der Waals surface area contributed by atoms with Crippen molar-refractivity contribution in [2.24, 2.45) is 0 Å². The molecule has 0 heterocycles. The molecule has 0 aromatic rings. The third kappa shape index (κ3) is 14.9. The molecule has 0 rings (SSSR count). The van der Waals surface area contributed by atoms with Gasteiger partial charge < -0.3 is 15.3 Å². The average Bonchev–Trinajstić information content (AvgIpc) is 2.44. The summed E-state index contributed by atoms with van der Waals surface area (Å²) in [7, 11) is 0. The number of aliphatic hydroxyl groups excluding tert-OH is 2. The molecule has 0 aliphatic rings. The first-order valence-corrected chi connectivity index (χ1v) is 9.32. The summed E-state index contributed by atoms with van der Waals surface area (Å²) in [4.78, 5) is 10.3. The fourth-order valence-corrected chi connectivity index (χ4v) is 3.03. The maximum Gasteiger partial charge on any atom is 0.303 e. The van der Waals surface area contributed by atoms with Crippen molar-refractivity contribution in [3.63, 3.8) is 0 Å². The lowest BCUT2D eigenvalue weighted by Crippen LogP contribution is -2.23. The predicted molar refractivity (Wildman–Crippen MR) is 103 cm³/mol. The van der Waals surface area contributed by atoms with E-state index in [1.54, 1.807) is 0 Å². The molecule has 3 N–H and O–H groups in total. The zero-order valence-corrected chi connectivity index (χ0v) is 17.1. The average molecular weight is 515 g/mol. The molecule has 0 aromatic carbocycles. The first-order valence-electron chi connectivity index (χ1n) is 6.94. The largest absolute Gasteiger partial charge is 0.481 e. The summed E-state index contributed by atoms with van der Waals surface area (Å²) in [5.74, 6) is 4.66. The number of aliphatic carboxylic acids is 1. The van der Waals surface area contributed by atoms with Crippen LogP contribution in [0, 0.1) is 11.8 Å². The Labute approximate surface area is 161 Å². The van der Waals surface area contributed by atoms with E-state index in [2.05, 4.69) is 59.6 Å². The van der Waals surface area contributed by atoms with E-state index in [1.807, 2.05) is 12.2 Å². The van der Waals surface area contributed by atoms with E-state index in [9.17, 15) is 15.0 Å². The van der Waals surface area contributed by atoms with E-state index in [-0.39, 0.29) is 6.42 Å². The molecular formula is C16H19Br3O4. The highest BCUT2D eigenvalue weighted by molar-refractivity contribution is 9.28. The maximum absolute atomic E-state index is 10.3. The number of carboxylic acid groups (broad SMARTS) is 1. The van der Waals surface area contributed by atoms with Crippen LogP contribution in [0.1, 0.15) is 32.1 Å². The molecule has 0 unspecified atom stereocenters. The van der Waals surface area contributed by atoms with Gasteiger partial charge in [-0.1, -0.05) is 33.8 Å². The summed E-state index contributed by atoms with van der Waals surface area (Å²) in [6.45, 7) is 0. The number of carbonyl (C=O) groups is 1. The summed E-state index contributed by atoms with van der Waals surface area (Å²) in [6.07, 6.45) is 6.90. The molecule has 128 valence electrons. The van der Waals surface area contributed by atoms with E-state index in [1.165, 1.54) is 12.2 Å². The van der Waals surface area contributed by atoms with Gasteiger partial charge in [0.2, 0.25) is 0 Å². The summed E-state index contributed by atoms with van der Waals surface area (Å²) in [5.41, 5.74) is 0. The highest BCUT2D eigenvalue weighted by Gasteiger charge is 2.11. The van der Waals surface area contributed by atoms with Gasteiger partial charge in [-0.3, -0.25) is 4.79 Å². The molecule has 2 atom stereocenters. The van der Waals surface area contributed by atoms with Crippen molar-refractivity contribution in [2.45, 2.75) is 44.3 Å². The molecule has 0 aromatic heterocycles. The molecule has 0 spiro atoms. The van der Waals surface area contributed by atoms with Crippen LogP contribution in [0.2, 0.25) is 0 Å². The Hall–Kier alpha value is -0.390. The lowest BCUT2D eigenvalue weighted by Gasteiger charge is -2.12. The van der Waals surface area contributed by atoms with Gasteiger partial charge in [-0.2, -0.15) is 0 Å². The summed E-state index contributed by atoms with van der Waals surface area (Å²) in [6, 6.07) is 0. The van der Waals surface area contributed by atoms with Crippen molar-refractivity contribution in [3.05, 3.63) is 32.2 Å². The van der Waals surface area contributed by atoms with Gasteiger partial charge in [-0.25, -0.2) is 0 Å². The van der Waals surface area contributed by atoms with Gasteiger partial charge in [0.05, 0.1) is 15.6 Å². The van der Waals surface area contributed by atoms with Crippen LogP contribution < -0.4 is 0 Å². The van der Waals surface area contributed by atoms with Crippen LogP contribution in [0.3, 0.4) is 0 Å². The molecule has 0 amide bonds. The normalized spacial score (nSPS) is 14.0. The molecule has 23 heavy (non-hydrogen) atoms. The summed E-state index contributed by atoms with van der Waals surface area (Å²) >= 11 is 9.84. The Morgan fingerprint density at radius 3 is 2.52 bits per heavy atom. The summed E-state index contributed by atoms with van der Waals surface area (Å²) < 4.78 is 1.67. The minimum Gasteiger partial charge on any atom is -0.481 e. The second kappa shape index (κ2) is 14.0. The van der Waals surface area contributed by atoms with Crippen LogP contribution in [-0.4, -0.2) is 33.5 Å². The molecule has 0 aliphatic heterocycles. The summed E-state index contributed by atoms with van der Waals surface area (Å²) in [5, 5.41) is 28.0. The van der Waals surface area contributed by atoms with Crippen LogP contribution >= 0.6 is 47.8 Å². The zero-order valence-electron chi connectivity index (χ0n) is 12.4. The first kappa shape index (κ1) is 22.6. The molecule has 0 saturated carbocycles. The van der Waals surface area contributed by atoms with Crippen LogP contribution in [0.5, 0.6) is 0 Å². The topological polar surface area (TPSA) is 77.8 Å². The third-order valence-electron chi connectivity index (χ3n) is 2.61. The van der Waals surface area contributed by atoms with Crippen LogP contribution in [-0.2, 0) is 4.79 Å². The van der Waals surface area contributed by atoms with Crippen molar-refractivity contribution in [2.75, 3.05) is 0 Å². The highest BCUT2D eigenvalue weighted by atomic mass is 79.9. The Balaban J connectivity index is 4.08. The van der Waals surface area contributed by atoms with Gasteiger partial charge in [0, 0.05) is 17.3 Å². The van der Waals surface area contributed by atoms with E-state index < -0.39 is 18.2 Å². The van der Waals surface area contributed by atoms with Crippen molar-refractivity contribution < 1.29 is 20.1 Å². The number of aliphatic hydroxyl groups is 2. The standard InChI is InChI=1S/C16H19Br3O4/c17-12(11-15(18)19)7-6-9-14(21)13(20)8-4-2-1-3-5-10-16(22)23/h4,7-8,11,13-14,20-21H,3,5-6,9-10H2,(H,22,23)/t13-,14+/m1/s1. The number of hydrogen-bond acceptors (Lipinski definition) is 3. The molecule has 0 aliphatic carbocycles. The number of halogens is 3. The molecule has 0 radical (unpaired) electrons. The van der Waals surface area contributed by atoms with Gasteiger partial charge in [-0.15, -0.1) is 0 Å². The fraction of sp³-hybridized carbons (Fsp3) is 0.438. The van der Waals surface area contributed by atoms with Crippen LogP contribution in [0.15, 0.2) is 32.2 Å². The number of unbranched alkanes of at least 4 members (excludes halogenated alkanes) is 1. The molecule has 0 bridgehead atoms. The fourth-order valence-electron chi connectivity index (χ4n) is 1.46. The SMILES string of the molecule is O=C(O)CCCC#CC=C[C@@H](O)[C@@H](O)CCC=C(Br)C=C(Br)Br. The second-order valence-electron chi connectivity index (χ2n) is 4.59. The second-order valence-corrected chi connectivity index (χ2v) is 8.27. The Kier molecular flexibility index (Phi) is 13.8. The number of carboxylic acids is 1. The number of allylic oxidation sites excluding steroid dienone is 4. The lowest BCUT2D eigenvalue weighted by molar-refractivity contribution is -0.137. The quantitative estimate of drug-likeness (QED) is 0.245. The molecular weight excluding hydrogens is 496 g/mol. The third-order valence-corrected chi connectivity index (χ3v) is 3.62. The Morgan fingerprint density at radius 1 is 1.22 bits per heavy atom. The lowest BCUT2D eigenvalue weighted by atomic mass is 10.1. The van der Waals surface area contributed by atoms with E-state index >= 15 is 0 Å². The van der Waals surface area contributed by atoms with E-state index in [0.717, 1.165) is 7.87 Å². The van der Waals surface area contributed by atoms with Crippen LogP contribution in [0.4, 0.5) is 0 Å². The minimum absolute atomic E-state index is 0.101. The van der Waals surface area contributed by atoms with Gasteiger partial charge >= 0.3 is 5.97 Å². The highest BCUT2D eigenvalue weighted by Crippen LogP contribution is 2.20. The Bertz CT molecular complexity index is 511. The predicted octanol–water partition coefficient (Wildman–Crippen LogP) is 4.21.